The van der Waals surface area contributed by atoms with Crippen LogP contribution in [-0.2, 0) is 9.53 Å². The summed E-state index contributed by atoms with van der Waals surface area (Å²) in [6.45, 7) is 3.27. The molecule has 3 rings (SSSR count). The molecule has 0 atom stereocenters. The minimum absolute atomic E-state index is 0.324. The SMILES string of the molecule is Cc1sc(NC(=O)COC(=O)c2ccccc2Nc2ccccc2)c(C#N)c1C. The third kappa shape index (κ3) is 4.81. The lowest BCUT2D eigenvalue weighted by atomic mass is 10.1. The van der Waals surface area contributed by atoms with Crippen LogP contribution in [0, 0.1) is 25.2 Å². The zero-order valence-electron chi connectivity index (χ0n) is 16.0. The number of hydrogen-bond donors (Lipinski definition) is 2. The summed E-state index contributed by atoms with van der Waals surface area (Å²) < 4.78 is 5.18. The van der Waals surface area contributed by atoms with Gasteiger partial charge in [-0.15, -0.1) is 11.3 Å². The number of para-hydroxylation sites is 2. The van der Waals surface area contributed by atoms with Gasteiger partial charge in [-0.2, -0.15) is 5.26 Å². The van der Waals surface area contributed by atoms with Crippen molar-refractivity contribution in [1.29, 1.82) is 5.26 Å². The molecule has 146 valence electrons. The molecule has 2 N–H and O–H groups in total. The Morgan fingerprint density at radius 1 is 1.07 bits per heavy atom. The Bertz CT molecular complexity index is 1080. The number of benzene rings is 2. The first kappa shape index (κ1) is 20.1. The number of nitrogens with one attached hydrogen (secondary N) is 2. The Kier molecular flexibility index (Phi) is 6.27. The van der Waals surface area contributed by atoms with Crippen LogP contribution in [0.3, 0.4) is 0 Å². The molecular formula is C22H19N3O3S. The lowest BCUT2D eigenvalue weighted by Crippen LogP contribution is -2.21. The Balaban J connectivity index is 1.65. The van der Waals surface area contributed by atoms with Crippen molar-refractivity contribution >= 4 is 39.6 Å². The minimum Gasteiger partial charge on any atom is -0.452 e. The van der Waals surface area contributed by atoms with E-state index in [4.69, 9.17) is 4.74 Å². The van der Waals surface area contributed by atoms with Crippen LogP contribution in [-0.4, -0.2) is 18.5 Å². The molecule has 0 aliphatic rings. The first-order valence-electron chi connectivity index (χ1n) is 8.87. The molecule has 1 amide bonds. The molecule has 0 bridgehead atoms. The number of thiophene rings is 1. The summed E-state index contributed by atoms with van der Waals surface area (Å²) in [6.07, 6.45) is 0. The van der Waals surface area contributed by atoms with Gasteiger partial charge in [0, 0.05) is 10.6 Å². The number of hydrogen-bond acceptors (Lipinski definition) is 6. The Morgan fingerprint density at radius 3 is 2.48 bits per heavy atom. The van der Waals surface area contributed by atoms with E-state index in [1.807, 2.05) is 44.2 Å². The van der Waals surface area contributed by atoms with Gasteiger partial charge in [-0.05, 0) is 43.7 Å². The summed E-state index contributed by atoms with van der Waals surface area (Å²) in [4.78, 5) is 25.7. The smallest absolute Gasteiger partial charge is 0.340 e. The second-order valence-electron chi connectivity index (χ2n) is 6.26. The molecule has 2 aromatic carbocycles. The first-order chi connectivity index (χ1) is 14.0. The number of anilines is 3. The fourth-order valence-corrected chi connectivity index (χ4v) is 3.70. The van der Waals surface area contributed by atoms with E-state index in [1.54, 1.807) is 24.3 Å². The van der Waals surface area contributed by atoms with Crippen LogP contribution in [0.15, 0.2) is 54.6 Å². The van der Waals surface area contributed by atoms with Crippen molar-refractivity contribution in [3.8, 4) is 6.07 Å². The first-order valence-corrected chi connectivity index (χ1v) is 9.69. The highest BCUT2D eigenvalue weighted by molar-refractivity contribution is 7.16. The number of nitrogens with zero attached hydrogens (tertiary/aromatic N) is 1. The topological polar surface area (TPSA) is 91.2 Å². The molecular weight excluding hydrogens is 386 g/mol. The predicted molar refractivity (Wildman–Crippen MR) is 114 cm³/mol. The molecule has 1 aromatic heterocycles. The Labute approximate surface area is 172 Å². The van der Waals surface area contributed by atoms with Gasteiger partial charge in [0.15, 0.2) is 6.61 Å². The fourth-order valence-electron chi connectivity index (χ4n) is 2.67. The van der Waals surface area contributed by atoms with Gasteiger partial charge in [0.25, 0.3) is 5.91 Å². The van der Waals surface area contributed by atoms with Crippen LogP contribution in [0.2, 0.25) is 0 Å². The normalized spacial score (nSPS) is 10.1. The van der Waals surface area contributed by atoms with Gasteiger partial charge in [0.05, 0.1) is 16.8 Å². The number of carbonyl (C=O) groups excluding carboxylic acids is 2. The number of amides is 1. The number of esters is 1. The van der Waals surface area contributed by atoms with Crippen LogP contribution in [0.4, 0.5) is 16.4 Å². The molecule has 0 saturated heterocycles. The summed E-state index contributed by atoms with van der Waals surface area (Å²) in [5.41, 5.74) is 3.01. The lowest BCUT2D eigenvalue weighted by Gasteiger charge is -2.11. The summed E-state index contributed by atoms with van der Waals surface area (Å²) in [7, 11) is 0. The van der Waals surface area contributed by atoms with Gasteiger partial charge in [-0.25, -0.2) is 4.79 Å². The van der Waals surface area contributed by atoms with Gasteiger partial charge < -0.3 is 15.4 Å². The van der Waals surface area contributed by atoms with Crippen molar-refractivity contribution in [3.63, 3.8) is 0 Å². The van der Waals surface area contributed by atoms with E-state index < -0.39 is 18.5 Å². The van der Waals surface area contributed by atoms with Crippen molar-refractivity contribution in [3.05, 3.63) is 76.2 Å². The second kappa shape index (κ2) is 9.04. The number of nitriles is 1. The lowest BCUT2D eigenvalue weighted by molar-refractivity contribution is -0.119. The van der Waals surface area contributed by atoms with Crippen LogP contribution in [0.25, 0.3) is 0 Å². The van der Waals surface area contributed by atoms with Gasteiger partial charge in [-0.1, -0.05) is 30.3 Å². The van der Waals surface area contributed by atoms with E-state index in [9.17, 15) is 14.9 Å². The van der Waals surface area contributed by atoms with Crippen molar-refractivity contribution < 1.29 is 14.3 Å². The zero-order chi connectivity index (χ0) is 20.8. The molecule has 0 aliphatic carbocycles. The standard InChI is InChI=1S/C22H19N3O3S/c1-14-15(2)29-21(18(14)12-23)25-20(26)13-28-22(27)17-10-6-7-11-19(17)24-16-8-4-3-5-9-16/h3-11,24H,13H2,1-2H3,(H,25,26). The van der Waals surface area contributed by atoms with Crippen LogP contribution in [0.1, 0.15) is 26.4 Å². The van der Waals surface area contributed by atoms with Crippen molar-refractivity contribution in [2.75, 3.05) is 17.2 Å². The number of ether oxygens (including phenoxy) is 1. The van der Waals surface area contributed by atoms with Crippen molar-refractivity contribution in [2.45, 2.75) is 13.8 Å². The van der Waals surface area contributed by atoms with E-state index in [2.05, 4.69) is 16.7 Å². The summed E-state index contributed by atoms with van der Waals surface area (Å²) in [6, 6.07) is 18.5. The highest BCUT2D eigenvalue weighted by atomic mass is 32.1. The van der Waals surface area contributed by atoms with Crippen molar-refractivity contribution in [2.24, 2.45) is 0 Å². The third-order valence-corrected chi connectivity index (χ3v) is 5.41. The second-order valence-corrected chi connectivity index (χ2v) is 7.48. The van der Waals surface area contributed by atoms with Gasteiger partial charge in [0.1, 0.15) is 11.1 Å². The van der Waals surface area contributed by atoms with E-state index in [-0.39, 0.29) is 0 Å². The fraction of sp³-hybridized carbons (Fsp3) is 0.136. The van der Waals surface area contributed by atoms with Crippen molar-refractivity contribution in [1.82, 2.24) is 0 Å². The zero-order valence-corrected chi connectivity index (χ0v) is 16.8. The predicted octanol–water partition coefficient (Wildman–Crippen LogP) is 4.78. The van der Waals surface area contributed by atoms with Crippen LogP contribution < -0.4 is 10.6 Å². The summed E-state index contributed by atoms with van der Waals surface area (Å²) in [5.74, 6) is -1.11. The average Bonchev–Trinajstić information content (AvgIpc) is 2.99. The van der Waals surface area contributed by atoms with Gasteiger partial charge in [-0.3, -0.25) is 4.79 Å². The largest absolute Gasteiger partial charge is 0.452 e. The molecule has 1 heterocycles. The van der Waals surface area contributed by atoms with E-state index in [1.165, 1.54) is 11.3 Å². The molecule has 0 radical (unpaired) electrons. The van der Waals surface area contributed by atoms with E-state index in [0.717, 1.165) is 16.1 Å². The molecule has 0 fully saturated rings. The molecule has 7 heteroatoms. The minimum atomic E-state index is -0.613. The number of aryl methyl sites for hydroxylation is 1. The maximum absolute atomic E-state index is 12.5. The quantitative estimate of drug-likeness (QED) is 0.576. The maximum atomic E-state index is 12.5. The molecule has 0 saturated carbocycles. The van der Waals surface area contributed by atoms with Gasteiger partial charge in [0.2, 0.25) is 0 Å². The molecule has 0 aliphatic heterocycles. The average molecular weight is 405 g/mol. The maximum Gasteiger partial charge on any atom is 0.340 e. The van der Waals surface area contributed by atoms with E-state index >= 15 is 0 Å². The Hall–Kier alpha value is -3.63. The summed E-state index contributed by atoms with van der Waals surface area (Å²) >= 11 is 1.32. The van der Waals surface area contributed by atoms with Gasteiger partial charge >= 0.3 is 5.97 Å². The molecule has 0 spiro atoms. The Morgan fingerprint density at radius 2 is 1.76 bits per heavy atom. The molecule has 0 unspecified atom stereocenters. The number of carbonyl (C=O) groups is 2. The monoisotopic (exact) mass is 405 g/mol. The van der Waals surface area contributed by atoms with E-state index in [0.29, 0.717) is 21.8 Å². The highest BCUT2D eigenvalue weighted by Gasteiger charge is 2.17. The van der Waals surface area contributed by atoms with Crippen LogP contribution >= 0.6 is 11.3 Å². The molecule has 3 aromatic rings. The summed E-state index contributed by atoms with van der Waals surface area (Å²) in [5, 5.41) is 15.5. The third-order valence-electron chi connectivity index (χ3n) is 4.28. The molecule has 6 nitrogen and oxygen atoms in total. The number of rotatable bonds is 6. The van der Waals surface area contributed by atoms with Crippen LogP contribution in [0.5, 0.6) is 0 Å². The molecule has 29 heavy (non-hydrogen) atoms. The highest BCUT2D eigenvalue weighted by Crippen LogP contribution is 2.31.